The van der Waals surface area contributed by atoms with Gasteiger partial charge in [-0.15, -0.1) is 0 Å². The molecule has 1 aromatic rings. The van der Waals surface area contributed by atoms with Crippen LogP contribution in [-0.4, -0.2) is 23.6 Å². The molecule has 0 bridgehead atoms. The number of pyridine rings is 1. The Bertz CT molecular complexity index is 364. The third-order valence-corrected chi connectivity index (χ3v) is 1.44. The van der Waals surface area contributed by atoms with Gasteiger partial charge in [0.05, 0.1) is 0 Å². The first kappa shape index (κ1) is 11.4. The minimum absolute atomic E-state index is 0.202. The SMILES string of the molecule is O=C(NCC(F)(F)F)c1ccnc(F)c1. The Morgan fingerprint density at radius 1 is 1.47 bits per heavy atom. The first-order valence-electron chi connectivity index (χ1n) is 3.85. The fraction of sp³-hybridized carbons (Fsp3) is 0.250. The van der Waals surface area contributed by atoms with Crippen LogP contribution in [-0.2, 0) is 0 Å². The Balaban J connectivity index is 2.62. The second-order valence-electron chi connectivity index (χ2n) is 2.67. The van der Waals surface area contributed by atoms with Crippen molar-refractivity contribution in [3.05, 3.63) is 29.8 Å². The van der Waals surface area contributed by atoms with Crippen LogP contribution in [0, 0.1) is 5.95 Å². The van der Waals surface area contributed by atoms with Crippen molar-refractivity contribution in [2.24, 2.45) is 0 Å². The van der Waals surface area contributed by atoms with Gasteiger partial charge < -0.3 is 5.32 Å². The molecule has 0 saturated heterocycles. The summed E-state index contributed by atoms with van der Waals surface area (Å²) in [5, 5.41) is 1.61. The van der Waals surface area contributed by atoms with Crippen molar-refractivity contribution < 1.29 is 22.4 Å². The Morgan fingerprint density at radius 3 is 2.67 bits per heavy atom. The lowest BCUT2D eigenvalue weighted by molar-refractivity contribution is -0.123. The normalized spacial score (nSPS) is 11.2. The van der Waals surface area contributed by atoms with E-state index in [1.54, 1.807) is 5.32 Å². The van der Waals surface area contributed by atoms with Gasteiger partial charge in [-0.3, -0.25) is 4.79 Å². The average molecular weight is 222 g/mol. The molecule has 82 valence electrons. The van der Waals surface area contributed by atoms with Crippen LogP contribution in [0.2, 0.25) is 0 Å². The van der Waals surface area contributed by atoms with E-state index in [9.17, 15) is 22.4 Å². The zero-order chi connectivity index (χ0) is 11.5. The van der Waals surface area contributed by atoms with Crippen molar-refractivity contribution in [1.29, 1.82) is 0 Å². The van der Waals surface area contributed by atoms with Gasteiger partial charge in [0.15, 0.2) is 0 Å². The van der Waals surface area contributed by atoms with Crippen molar-refractivity contribution in [3.8, 4) is 0 Å². The maximum atomic E-state index is 12.5. The highest BCUT2D eigenvalue weighted by Crippen LogP contribution is 2.12. The molecule has 0 atom stereocenters. The molecule has 0 aromatic carbocycles. The fourth-order valence-electron chi connectivity index (χ4n) is 0.826. The monoisotopic (exact) mass is 222 g/mol. The van der Waals surface area contributed by atoms with E-state index in [4.69, 9.17) is 0 Å². The lowest BCUT2D eigenvalue weighted by Crippen LogP contribution is -2.33. The third kappa shape index (κ3) is 3.92. The first-order valence-corrected chi connectivity index (χ1v) is 3.85. The van der Waals surface area contributed by atoms with Gasteiger partial charge in [-0.05, 0) is 6.07 Å². The molecule has 0 fully saturated rings. The zero-order valence-corrected chi connectivity index (χ0v) is 7.31. The van der Waals surface area contributed by atoms with Crippen molar-refractivity contribution in [2.75, 3.05) is 6.54 Å². The van der Waals surface area contributed by atoms with Gasteiger partial charge in [-0.2, -0.15) is 17.6 Å². The minimum atomic E-state index is -4.48. The van der Waals surface area contributed by atoms with Crippen LogP contribution in [0.3, 0.4) is 0 Å². The summed E-state index contributed by atoms with van der Waals surface area (Å²) in [5.74, 6) is -1.91. The molecule has 1 rings (SSSR count). The van der Waals surface area contributed by atoms with Crippen LogP contribution >= 0.6 is 0 Å². The number of aromatic nitrogens is 1. The quantitative estimate of drug-likeness (QED) is 0.608. The number of alkyl halides is 3. The number of hydrogen-bond acceptors (Lipinski definition) is 2. The van der Waals surface area contributed by atoms with Crippen LogP contribution < -0.4 is 5.32 Å². The molecule has 1 N–H and O–H groups in total. The number of nitrogens with one attached hydrogen (secondary N) is 1. The summed E-state index contributed by atoms with van der Waals surface area (Å²) in [4.78, 5) is 14.2. The Labute approximate surface area is 82.1 Å². The molecule has 3 nitrogen and oxygen atoms in total. The summed E-state index contributed by atoms with van der Waals surface area (Å²) >= 11 is 0. The van der Waals surface area contributed by atoms with Gasteiger partial charge in [-0.1, -0.05) is 0 Å². The maximum Gasteiger partial charge on any atom is 0.405 e. The second kappa shape index (κ2) is 4.24. The van der Waals surface area contributed by atoms with Crippen LogP contribution in [0.15, 0.2) is 18.3 Å². The molecule has 0 saturated carbocycles. The highest BCUT2D eigenvalue weighted by molar-refractivity contribution is 5.94. The topological polar surface area (TPSA) is 42.0 Å². The predicted molar refractivity (Wildman–Crippen MR) is 42.6 cm³/mol. The number of rotatable bonds is 2. The molecule has 1 heterocycles. The highest BCUT2D eigenvalue weighted by Gasteiger charge is 2.27. The Morgan fingerprint density at radius 2 is 2.13 bits per heavy atom. The molecule has 1 amide bonds. The molecule has 7 heteroatoms. The van der Waals surface area contributed by atoms with E-state index in [0.29, 0.717) is 0 Å². The average Bonchev–Trinajstić information content (AvgIpc) is 2.13. The molecule has 0 spiro atoms. The Hall–Kier alpha value is -1.66. The lowest BCUT2D eigenvalue weighted by Gasteiger charge is -2.07. The zero-order valence-electron chi connectivity index (χ0n) is 7.31. The summed E-state index contributed by atoms with van der Waals surface area (Å²) < 4.78 is 47.6. The number of hydrogen-bond donors (Lipinski definition) is 1. The van der Waals surface area contributed by atoms with E-state index in [0.717, 1.165) is 18.3 Å². The Kier molecular flexibility index (Phi) is 3.23. The molecular weight excluding hydrogens is 216 g/mol. The van der Waals surface area contributed by atoms with E-state index >= 15 is 0 Å². The summed E-state index contributed by atoms with van der Waals surface area (Å²) in [6.45, 7) is -1.45. The second-order valence-corrected chi connectivity index (χ2v) is 2.67. The van der Waals surface area contributed by atoms with Crippen molar-refractivity contribution in [2.45, 2.75) is 6.18 Å². The molecule has 0 aliphatic heterocycles. The largest absolute Gasteiger partial charge is 0.405 e. The smallest absolute Gasteiger partial charge is 0.343 e. The number of nitrogens with zero attached hydrogens (tertiary/aromatic N) is 1. The minimum Gasteiger partial charge on any atom is -0.343 e. The van der Waals surface area contributed by atoms with E-state index in [2.05, 4.69) is 4.98 Å². The van der Waals surface area contributed by atoms with Gasteiger partial charge in [0.25, 0.3) is 5.91 Å². The molecular formula is C8H6F4N2O. The standard InChI is InChI=1S/C8H6F4N2O/c9-6-3-5(1-2-13-6)7(15)14-4-8(10,11)12/h1-3H,4H2,(H,14,15). The molecule has 15 heavy (non-hydrogen) atoms. The molecule has 1 aromatic heterocycles. The van der Waals surface area contributed by atoms with Crippen LogP contribution in [0.25, 0.3) is 0 Å². The number of carbonyl (C=O) groups excluding carboxylic acids is 1. The predicted octanol–water partition coefficient (Wildman–Crippen LogP) is 1.51. The summed E-state index contributed by atoms with van der Waals surface area (Å²) in [5.41, 5.74) is -0.202. The van der Waals surface area contributed by atoms with Gasteiger partial charge in [-0.25, -0.2) is 4.98 Å². The van der Waals surface area contributed by atoms with E-state index in [1.165, 1.54) is 0 Å². The summed E-state index contributed by atoms with van der Waals surface area (Å²) in [6, 6.07) is 1.88. The van der Waals surface area contributed by atoms with Gasteiger partial charge in [0.1, 0.15) is 6.54 Å². The van der Waals surface area contributed by atoms with Crippen molar-refractivity contribution in [3.63, 3.8) is 0 Å². The van der Waals surface area contributed by atoms with E-state index in [-0.39, 0.29) is 5.56 Å². The third-order valence-electron chi connectivity index (χ3n) is 1.44. The van der Waals surface area contributed by atoms with Gasteiger partial charge >= 0.3 is 6.18 Å². The van der Waals surface area contributed by atoms with Gasteiger partial charge in [0, 0.05) is 17.8 Å². The first-order chi connectivity index (χ1) is 6.88. The summed E-state index contributed by atoms with van der Waals surface area (Å²) in [6.07, 6.45) is -3.49. The lowest BCUT2D eigenvalue weighted by atomic mass is 10.2. The van der Waals surface area contributed by atoms with E-state index in [1.807, 2.05) is 0 Å². The highest BCUT2D eigenvalue weighted by atomic mass is 19.4. The number of carbonyl (C=O) groups is 1. The van der Waals surface area contributed by atoms with Crippen LogP contribution in [0.5, 0.6) is 0 Å². The number of amides is 1. The summed E-state index contributed by atoms with van der Waals surface area (Å²) in [7, 11) is 0. The molecule has 0 aliphatic rings. The fourth-order valence-corrected chi connectivity index (χ4v) is 0.826. The van der Waals surface area contributed by atoms with Crippen LogP contribution in [0.1, 0.15) is 10.4 Å². The molecule has 0 unspecified atom stereocenters. The van der Waals surface area contributed by atoms with Gasteiger partial charge in [0.2, 0.25) is 5.95 Å². The molecule has 0 radical (unpaired) electrons. The number of halogens is 4. The van der Waals surface area contributed by atoms with Crippen LogP contribution in [0.4, 0.5) is 17.6 Å². The van der Waals surface area contributed by atoms with Crippen molar-refractivity contribution in [1.82, 2.24) is 10.3 Å². The van der Waals surface area contributed by atoms with Crippen molar-refractivity contribution >= 4 is 5.91 Å². The van der Waals surface area contributed by atoms with E-state index < -0.39 is 24.6 Å². The maximum absolute atomic E-state index is 12.5. The molecule has 0 aliphatic carbocycles.